The number of sulfonamides is 1. The van der Waals surface area contributed by atoms with Crippen LogP contribution in [0.5, 0.6) is 5.75 Å². The first-order chi connectivity index (χ1) is 11.5. The quantitative estimate of drug-likeness (QED) is 0.847. The summed E-state index contributed by atoms with van der Waals surface area (Å²) < 4.78 is 33.1. The normalized spacial score (nSPS) is 17.5. The van der Waals surface area contributed by atoms with E-state index in [-0.39, 0.29) is 6.04 Å². The van der Waals surface area contributed by atoms with Crippen LogP contribution in [-0.4, -0.2) is 21.6 Å². The molecule has 0 spiro atoms. The Balaban J connectivity index is 2.06. The minimum atomic E-state index is -3.59. The number of nitrogens with zero attached hydrogens (tertiary/aromatic N) is 1. The van der Waals surface area contributed by atoms with E-state index in [9.17, 15) is 8.42 Å². The summed E-state index contributed by atoms with van der Waals surface area (Å²) in [6, 6.07) is 12.6. The van der Waals surface area contributed by atoms with Gasteiger partial charge in [-0.05, 0) is 67.6 Å². The molecule has 24 heavy (non-hydrogen) atoms. The van der Waals surface area contributed by atoms with Crippen LogP contribution >= 0.6 is 0 Å². The van der Waals surface area contributed by atoms with E-state index < -0.39 is 10.0 Å². The van der Waals surface area contributed by atoms with Crippen LogP contribution in [0.4, 0.5) is 5.69 Å². The number of rotatable bonds is 4. The summed E-state index contributed by atoms with van der Waals surface area (Å²) in [7, 11) is -2.02. The number of hydrogen-bond donors (Lipinski definition) is 0. The van der Waals surface area contributed by atoms with Crippen LogP contribution in [0.25, 0.3) is 0 Å². The Kier molecular flexibility index (Phi) is 4.54. The van der Waals surface area contributed by atoms with Gasteiger partial charge in [-0.25, -0.2) is 8.42 Å². The average molecular weight is 345 g/mol. The van der Waals surface area contributed by atoms with E-state index in [0.29, 0.717) is 10.6 Å². The number of methoxy groups -OCH3 is 1. The zero-order valence-electron chi connectivity index (χ0n) is 14.3. The molecule has 5 heteroatoms. The molecule has 2 aromatic carbocycles. The van der Waals surface area contributed by atoms with Crippen molar-refractivity contribution in [3.63, 3.8) is 0 Å². The van der Waals surface area contributed by atoms with Crippen molar-refractivity contribution in [2.45, 2.75) is 44.0 Å². The van der Waals surface area contributed by atoms with Gasteiger partial charge in [-0.3, -0.25) is 4.31 Å². The maximum atomic E-state index is 13.2. The fourth-order valence-electron chi connectivity index (χ4n) is 3.22. The first kappa shape index (κ1) is 16.8. The van der Waals surface area contributed by atoms with Crippen molar-refractivity contribution in [1.29, 1.82) is 0 Å². The summed E-state index contributed by atoms with van der Waals surface area (Å²) in [6.45, 7) is 4.08. The lowest BCUT2D eigenvalue weighted by atomic mass is 9.96. The number of ether oxygens (including phenoxy) is 1. The van der Waals surface area contributed by atoms with Crippen LogP contribution in [0.2, 0.25) is 0 Å². The zero-order chi connectivity index (χ0) is 17.3. The molecule has 1 aliphatic heterocycles. The van der Waals surface area contributed by atoms with E-state index >= 15 is 0 Å². The standard InChI is InChI=1S/C19H23NO3S/c1-4-15-6-12-19-16(13-15)7-5-14(2)20(19)24(21,22)18-10-8-17(23-3)9-11-18/h6,8-14H,4-5,7H2,1-3H3. The van der Waals surface area contributed by atoms with Crippen LogP contribution in [0, 0.1) is 0 Å². The molecule has 0 radical (unpaired) electrons. The lowest BCUT2D eigenvalue weighted by Crippen LogP contribution is -2.42. The van der Waals surface area contributed by atoms with Gasteiger partial charge in [0.1, 0.15) is 5.75 Å². The number of benzene rings is 2. The number of aryl methyl sites for hydroxylation is 2. The highest BCUT2D eigenvalue weighted by molar-refractivity contribution is 7.92. The fraction of sp³-hybridized carbons (Fsp3) is 0.368. The van der Waals surface area contributed by atoms with Crippen molar-refractivity contribution in [1.82, 2.24) is 0 Å². The Morgan fingerprint density at radius 2 is 1.88 bits per heavy atom. The molecule has 2 aromatic rings. The third kappa shape index (κ3) is 2.88. The predicted octanol–water partition coefficient (Wildman–Crippen LogP) is 3.79. The Morgan fingerprint density at radius 1 is 1.17 bits per heavy atom. The summed E-state index contributed by atoms with van der Waals surface area (Å²) >= 11 is 0. The topological polar surface area (TPSA) is 46.6 Å². The molecule has 0 aromatic heterocycles. The van der Waals surface area contributed by atoms with Gasteiger partial charge in [0, 0.05) is 6.04 Å². The molecule has 0 fully saturated rings. The third-order valence-corrected chi connectivity index (χ3v) is 6.58. The lowest BCUT2D eigenvalue weighted by molar-refractivity contribution is 0.414. The molecule has 0 bridgehead atoms. The fourth-order valence-corrected chi connectivity index (χ4v) is 4.94. The summed E-state index contributed by atoms with van der Waals surface area (Å²) in [6.07, 6.45) is 2.70. The highest BCUT2D eigenvalue weighted by atomic mass is 32.2. The van der Waals surface area contributed by atoms with Gasteiger partial charge >= 0.3 is 0 Å². The van der Waals surface area contributed by atoms with E-state index in [1.807, 2.05) is 19.1 Å². The minimum absolute atomic E-state index is 0.0583. The molecule has 1 unspecified atom stereocenters. The molecule has 0 N–H and O–H groups in total. The van der Waals surface area contributed by atoms with Gasteiger partial charge in [0.05, 0.1) is 17.7 Å². The second-order valence-electron chi connectivity index (χ2n) is 6.18. The molecule has 0 saturated heterocycles. The Labute approximate surface area is 144 Å². The van der Waals surface area contributed by atoms with E-state index in [1.165, 1.54) is 5.56 Å². The third-order valence-electron chi connectivity index (χ3n) is 4.64. The van der Waals surface area contributed by atoms with E-state index in [1.54, 1.807) is 35.7 Å². The van der Waals surface area contributed by atoms with Gasteiger partial charge in [0.15, 0.2) is 0 Å². The second kappa shape index (κ2) is 6.48. The summed E-state index contributed by atoms with van der Waals surface area (Å²) in [5.41, 5.74) is 3.16. The maximum Gasteiger partial charge on any atom is 0.264 e. The predicted molar refractivity (Wildman–Crippen MR) is 96.3 cm³/mol. The largest absolute Gasteiger partial charge is 0.497 e. The second-order valence-corrected chi connectivity index (χ2v) is 8.00. The summed E-state index contributed by atoms with van der Waals surface area (Å²) in [4.78, 5) is 0.294. The van der Waals surface area contributed by atoms with Crippen molar-refractivity contribution >= 4 is 15.7 Å². The molecule has 3 rings (SSSR count). The first-order valence-electron chi connectivity index (χ1n) is 8.27. The number of fused-ring (bicyclic) bond motifs is 1. The van der Waals surface area contributed by atoms with Crippen molar-refractivity contribution in [2.24, 2.45) is 0 Å². The molecule has 128 valence electrons. The monoisotopic (exact) mass is 345 g/mol. The summed E-state index contributed by atoms with van der Waals surface area (Å²) in [5, 5.41) is 0. The van der Waals surface area contributed by atoms with Gasteiger partial charge in [-0.1, -0.05) is 19.1 Å². The Hall–Kier alpha value is -2.01. The molecule has 1 atom stereocenters. The van der Waals surface area contributed by atoms with Crippen molar-refractivity contribution < 1.29 is 13.2 Å². The smallest absolute Gasteiger partial charge is 0.264 e. The number of anilines is 1. The molecule has 1 heterocycles. The molecule has 0 amide bonds. The minimum Gasteiger partial charge on any atom is -0.497 e. The zero-order valence-corrected chi connectivity index (χ0v) is 15.1. The van der Waals surface area contributed by atoms with Gasteiger partial charge in [-0.15, -0.1) is 0 Å². The Morgan fingerprint density at radius 3 is 2.50 bits per heavy atom. The van der Waals surface area contributed by atoms with E-state index in [0.717, 1.165) is 30.5 Å². The van der Waals surface area contributed by atoms with Gasteiger partial charge in [-0.2, -0.15) is 0 Å². The molecule has 0 aliphatic carbocycles. The van der Waals surface area contributed by atoms with Crippen LogP contribution in [0.1, 0.15) is 31.4 Å². The highest BCUT2D eigenvalue weighted by Crippen LogP contribution is 2.36. The van der Waals surface area contributed by atoms with Crippen LogP contribution in [0.15, 0.2) is 47.4 Å². The van der Waals surface area contributed by atoms with Crippen molar-refractivity contribution in [3.05, 3.63) is 53.6 Å². The molecule has 0 saturated carbocycles. The van der Waals surface area contributed by atoms with Crippen LogP contribution < -0.4 is 9.04 Å². The molecule has 4 nitrogen and oxygen atoms in total. The number of hydrogen-bond acceptors (Lipinski definition) is 3. The average Bonchev–Trinajstić information content (AvgIpc) is 2.61. The first-order valence-corrected chi connectivity index (χ1v) is 9.71. The van der Waals surface area contributed by atoms with Gasteiger partial charge in [0.25, 0.3) is 10.0 Å². The van der Waals surface area contributed by atoms with Gasteiger partial charge in [0.2, 0.25) is 0 Å². The van der Waals surface area contributed by atoms with Gasteiger partial charge < -0.3 is 4.74 Å². The SMILES string of the molecule is CCc1ccc2c(c1)CCC(C)N2S(=O)(=O)c1ccc(OC)cc1. The highest BCUT2D eigenvalue weighted by Gasteiger charge is 2.33. The van der Waals surface area contributed by atoms with Crippen LogP contribution in [-0.2, 0) is 22.9 Å². The van der Waals surface area contributed by atoms with E-state index in [4.69, 9.17) is 4.74 Å². The maximum absolute atomic E-state index is 13.2. The Bertz CT molecular complexity index is 828. The van der Waals surface area contributed by atoms with Crippen molar-refractivity contribution in [2.75, 3.05) is 11.4 Å². The lowest BCUT2D eigenvalue weighted by Gasteiger charge is -2.36. The van der Waals surface area contributed by atoms with Crippen molar-refractivity contribution in [3.8, 4) is 5.75 Å². The molecule has 1 aliphatic rings. The van der Waals surface area contributed by atoms with Crippen LogP contribution in [0.3, 0.4) is 0 Å². The van der Waals surface area contributed by atoms with E-state index in [2.05, 4.69) is 13.0 Å². The summed E-state index contributed by atoms with van der Waals surface area (Å²) in [5.74, 6) is 0.647. The molecular weight excluding hydrogens is 322 g/mol. The molecular formula is C19H23NO3S.